The van der Waals surface area contributed by atoms with E-state index in [4.69, 9.17) is 0 Å². The van der Waals surface area contributed by atoms with Gasteiger partial charge in [-0.05, 0) is 49.2 Å². The second-order valence-electron chi connectivity index (χ2n) is 7.36. The van der Waals surface area contributed by atoms with Crippen molar-refractivity contribution < 1.29 is 14.4 Å². The first-order valence-electron chi connectivity index (χ1n) is 9.99. The zero-order valence-electron chi connectivity index (χ0n) is 16.4. The van der Waals surface area contributed by atoms with Crippen molar-refractivity contribution in [1.29, 1.82) is 0 Å². The summed E-state index contributed by atoms with van der Waals surface area (Å²) in [7, 11) is 0. The first-order chi connectivity index (χ1) is 14.6. The highest BCUT2D eigenvalue weighted by atomic mass is 16.2. The van der Waals surface area contributed by atoms with E-state index < -0.39 is 0 Å². The normalized spacial score (nSPS) is 20.6. The Morgan fingerprint density at radius 3 is 2.03 bits per heavy atom. The summed E-state index contributed by atoms with van der Waals surface area (Å²) in [6, 6.07) is 16.4. The maximum absolute atomic E-state index is 12.4. The Hall–Kier alpha value is -3.61. The lowest BCUT2D eigenvalue weighted by atomic mass is 9.85. The quantitative estimate of drug-likeness (QED) is 0.441. The number of azo groups is 1. The van der Waals surface area contributed by atoms with Crippen LogP contribution in [-0.2, 0) is 14.4 Å². The Bertz CT molecular complexity index is 973. The molecule has 2 aliphatic rings. The van der Waals surface area contributed by atoms with Crippen LogP contribution in [0.4, 0.5) is 17.1 Å². The van der Waals surface area contributed by atoms with Crippen LogP contribution in [0.15, 0.2) is 77.0 Å². The molecule has 0 saturated carbocycles. The molecule has 1 aliphatic carbocycles. The lowest BCUT2D eigenvalue weighted by Crippen LogP contribution is -2.34. The van der Waals surface area contributed by atoms with E-state index >= 15 is 0 Å². The number of hydrogen-bond acceptors (Lipinski definition) is 5. The van der Waals surface area contributed by atoms with Gasteiger partial charge in [-0.3, -0.25) is 19.3 Å². The van der Waals surface area contributed by atoms with Crippen LogP contribution in [0.5, 0.6) is 0 Å². The average molecular weight is 402 g/mol. The number of fused-ring (bicyclic) bond motifs is 1. The van der Waals surface area contributed by atoms with Gasteiger partial charge in [0.15, 0.2) is 0 Å². The Morgan fingerprint density at radius 2 is 1.43 bits per heavy atom. The van der Waals surface area contributed by atoms with E-state index in [0.29, 0.717) is 24.2 Å². The molecule has 0 spiro atoms. The number of anilines is 1. The highest BCUT2D eigenvalue weighted by molar-refractivity contribution is 6.05. The minimum Gasteiger partial charge on any atom is -0.326 e. The zero-order valence-corrected chi connectivity index (χ0v) is 16.4. The minimum atomic E-state index is -0.261. The van der Waals surface area contributed by atoms with Gasteiger partial charge in [0.25, 0.3) is 0 Å². The molecule has 2 aromatic carbocycles. The number of rotatable bonds is 6. The van der Waals surface area contributed by atoms with Crippen LogP contribution in [0.25, 0.3) is 0 Å². The molecule has 2 aromatic rings. The molecule has 7 heteroatoms. The lowest BCUT2D eigenvalue weighted by Gasteiger charge is -2.14. The molecule has 1 fully saturated rings. The monoisotopic (exact) mass is 402 g/mol. The van der Waals surface area contributed by atoms with Crippen molar-refractivity contribution in [2.75, 3.05) is 11.9 Å². The van der Waals surface area contributed by atoms with E-state index in [0.717, 1.165) is 5.69 Å². The number of likely N-dealkylation sites (tertiary alicyclic amines) is 1. The third-order valence-corrected chi connectivity index (χ3v) is 5.35. The molecule has 2 atom stereocenters. The molecular weight excluding hydrogens is 380 g/mol. The standard InChI is InChI=1S/C23H22N4O3/c28-21(14-15-27-22(29)19-8-4-5-9-20(19)23(27)30)24-16-10-12-18(13-11-16)26-25-17-6-2-1-3-7-17/h1-7,10-13,19-20H,8-9,14-15H2,(H,24,28)/t19-,20+. The summed E-state index contributed by atoms with van der Waals surface area (Å²) in [6.07, 6.45) is 5.18. The summed E-state index contributed by atoms with van der Waals surface area (Å²) in [5, 5.41) is 11.1. The van der Waals surface area contributed by atoms with E-state index in [1.165, 1.54) is 4.90 Å². The number of nitrogens with one attached hydrogen (secondary N) is 1. The van der Waals surface area contributed by atoms with Crippen molar-refractivity contribution in [2.45, 2.75) is 19.3 Å². The molecule has 152 valence electrons. The van der Waals surface area contributed by atoms with Crippen LogP contribution in [0.3, 0.4) is 0 Å². The van der Waals surface area contributed by atoms with Crippen LogP contribution in [0, 0.1) is 11.8 Å². The second kappa shape index (κ2) is 8.82. The summed E-state index contributed by atoms with van der Waals surface area (Å²) >= 11 is 0. The number of hydrogen-bond donors (Lipinski definition) is 1. The Labute approximate surface area is 174 Å². The Balaban J connectivity index is 1.29. The molecule has 1 N–H and O–H groups in total. The van der Waals surface area contributed by atoms with E-state index in [1.807, 2.05) is 42.5 Å². The fourth-order valence-electron chi connectivity index (χ4n) is 3.75. The van der Waals surface area contributed by atoms with Gasteiger partial charge in [-0.1, -0.05) is 30.4 Å². The van der Waals surface area contributed by atoms with E-state index in [2.05, 4.69) is 15.5 Å². The van der Waals surface area contributed by atoms with E-state index in [1.54, 1.807) is 24.3 Å². The van der Waals surface area contributed by atoms with Gasteiger partial charge in [-0.25, -0.2) is 0 Å². The van der Waals surface area contributed by atoms with Crippen LogP contribution in [0.1, 0.15) is 19.3 Å². The first-order valence-corrected chi connectivity index (χ1v) is 9.99. The maximum atomic E-state index is 12.4. The molecule has 4 rings (SSSR count). The number of nitrogens with zero attached hydrogens (tertiary/aromatic N) is 3. The predicted molar refractivity (Wildman–Crippen MR) is 112 cm³/mol. The van der Waals surface area contributed by atoms with Crippen molar-refractivity contribution in [3.63, 3.8) is 0 Å². The summed E-state index contributed by atoms with van der Waals surface area (Å²) in [4.78, 5) is 38.4. The van der Waals surface area contributed by atoms with Gasteiger partial charge in [0.05, 0.1) is 23.2 Å². The highest BCUT2D eigenvalue weighted by Gasteiger charge is 2.46. The fourth-order valence-corrected chi connectivity index (χ4v) is 3.75. The van der Waals surface area contributed by atoms with Crippen molar-refractivity contribution in [2.24, 2.45) is 22.1 Å². The van der Waals surface area contributed by atoms with E-state index in [-0.39, 0.29) is 42.5 Å². The molecular formula is C23H22N4O3. The average Bonchev–Trinajstić information content (AvgIpc) is 3.02. The molecule has 3 amide bonds. The number of carbonyl (C=O) groups excluding carboxylic acids is 3. The molecule has 0 radical (unpaired) electrons. The Morgan fingerprint density at radius 1 is 0.867 bits per heavy atom. The minimum absolute atomic E-state index is 0.0693. The zero-order chi connectivity index (χ0) is 20.9. The van der Waals surface area contributed by atoms with Crippen LogP contribution >= 0.6 is 0 Å². The Kier molecular flexibility index (Phi) is 5.79. The van der Waals surface area contributed by atoms with Gasteiger partial charge in [-0.2, -0.15) is 10.2 Å². The molecule has 0 aromatic heterocycles. The maximum Gasteiger partial charge on any atom is 0.233 e. The van der Waals surface area contributed by atoms with Crippen molar-refractivity contribution in [1.82, 2.24) is 4.90 Å². The predicted octanol–water partition coefficient (Wildman–Crippen LogP) is 4.38. The largest absolute Gasteiger partial charge is 0.326 e. The van der Waals surface area contributed by atoms with Crippen molar-refractivity contribution in [3.05, 3.63) is 66.7 Å². The van der Waals surface area contributed by atoms with Gasteiger partial charge in [0.2, 0.25) is 17.7 Å². The van der Waals surface area contributed by atoms with Crippen LogP contribution < -0.4 is 5.32 Å². The van der Waals surface area contributed by atoms with Gasteiger partial charge >= 0.3 is 0 Å². The summed E-state index contributed by atoms with van der Waals surface area (Å²) in [5.74, 6) is -1.08. The number of carbonyl (C=O) groups is 3. The second-order valence-corrected chi connectivity index (χ2v) is 7.36. The smallest absolute Gasteiger partial charge is 0.233 e. The molecule has 1 aliphatic heterocycles. The topological polar surface area (TPSA) is 91.2 Å². The summed E-state index contributed by atoms with van der Waals surface area (Å²) < 4.78 is 0. The molecule has 30 heavy (non-hydrogen) atoms. The van der Waals surface area contributed by atoms with Crippen LogP contribution in [-0.4, -0.2) is 29.2 Å². The van der Waals surface area contributed by atoms with Gasteiger partial charge in [0.1, 0.15) is 0 Å². The van der Waals surface area contributed by atoms with Crippen LogP contribution in [0.2, 0.25) is 0 Å². The number of benzene rings is 2. The first kappa shape index (κ1) is 19.7. The van der Waals surface area contributed by atoms with Gasteiger partial charge in [0, 0.05) is 18.7 Å². The SMILES string of the molecule is O=C(CCN1C(=O)[C@H]2CC=CC[C@H]2C1=O)Nc1ccc(N=Nc2ccccc2)cc1. The third-order valence-electron chi connectivity index (χ3n) is 5.35. The fraction of sp³-hybridized carbons (Fsp3) is 0.261. The lowest BCUT2D eigenvalue weighted by molar-refractivity contribution is -0.140. The number of allylic oxidation sites excluding steroid dienone is 2. The molecule has 0 bridgehead atoms. The molecule has 0 unspecified atom stereocenters. The molecule has 1 saturated heterocycles. The van der Waals surface area contributed by atoms with Crippen molar-refractivity contribution >= 4 is 34.8 Å². The van der Waals surface area contributed by atoms with E-state index in [9.17, 15) is 14.4 Å². The van der Waals surface area contributed by atoms with Crippen molar-refractivity contribution in [3.8, 4) is 0 Å². The summed E-state index contributed by atoms with van der Waals surface area (Å²) in [5.41, 5.74) is 2.05. The highest BCUT2D eigenvalue weighted by Crippen LogP contribution is 2.35. The third kappa shape index (κ3) is 4.35. The number of amides is 3. The summed E-state index contributed by atoms with van der Waals surface area (Å²) in [6.45, 7) is 0.111. The number of imide groups is 1. The van der Waals surface area contributed by atoms with Gasteiger partial charge in [-0.15, -0.1) is 0 Å². The molecule has 7 nitrogen and oxygen atoms in total. The van der Waals surface area contributed by atoms with Gasteiger partial charge < -0.3 is 5.32 Å². The molecule has 1 heterocycles.